The number of aromatic nitrogens is 3. The summed E-state index contributed by atoms with van der Waals surface area (Å²) in [5.41, 5.74) is 7.20. The number of anilines is 1. The summed E-state index contributed by atoms with van der Waals surface area (Å²) in [6, 6.07) is 17.8. The van der Waals surface area contributed by atoms with Crippen molar-refractivity contribution in [2.24, 2.45) is 0 Å². The average molecular weight is 378 g/mol. The summed E-state index contributed by atoms with van der Waals surface area (Å²) in [7, 11) is 0. The third-order valence-corrected chi connectivity index (χ3v) is 4.99. The van der Waals surface area contributed by atoms with Crippen LogP contribution in [0, 0.1) is 6.92 Å². The third kappa shape index (κ3) is 3.23. The van der Waals surface area contributed by atoms with Gasteiger partial charge < -0.3 is 5.32 Å². The minimum atomic E-state index is -0.0747. The Labute approximate surface area is 167 Å². The second-order valence-electron chi connectivity index (χ2n) is 7.06. The number of aromatic amines is 1. The second-order valence-corrected chi connectivity index (χ2v) is 7.06. The molecule has 5 heteroatoms. The first kappa shape index (κ1) is 17.1. The maximum absolute atomic E-state index is 12.4. The molecule has 1 amide bonds. The molecule has 3 heterocycles. The Morgan fingerprint density at radius 1 is 1.00 bits per heavy atom. The van der Waals surface area contributed by atoms with Gasteiger partial charge >= 0.3 is 0 Å². The molecule has 0 atom stereocenters. The number of hydrogen-bond donors (Lipinski definition) is 2. The van der Waals surface area contributed by atoms with Crippen molar-refractivity contribution < 1.29 is 4.79 Å². The number of H-pyrrole nitrogens is 1. The van der Waals surface area contributed by atoms with Gasteiger partial charge in [-0.05, 0) is 67.1 Å². The molecule has 0 bridgehead atoms. The molecule has 0 spiro atoms. The predicted octanol–water partition coefficient (Wildman–Crippen LogP) is 4.93. The Hall–Kier alpha value is -3.99. The van der Waals surface area contributed by atoms with Crippen molar-refractivity contribution >= 4 is 46.3 Å². The number of nitrogens with zero attached hydrogens (tertiary/aromatic N) is 2. The molecule has 29 heavy (non-hydrogen) atoms. The molecule has 1 aliphatic heterocycles. The van der Waals surface area contributed by atoms with Crippen LogP contribution in [0.2, 0.25) is 0 Å². The monoisotopic (exact) mass is 378 g/mol. The lowest BCUT2D eigenvalue weighted by Gasteiger charge is -2.01. The molecule has 5 rings (SSSR count). The highest BCUT2D eigenvalue weighted by Gasteiger charge is 2.23. The number of rotatable bonds is 3. The number of carbonyl (C=O) groups excluding carboxylic acids is 1. The summed E-state index contributed by atoms with van der Waals surface area (Å²) in [5, 5.41) is 11.4. The van der Waals surface area contributed by atoms with Crippen molar-refractivity contribution in [3.05, 3.63) is 88.9 Å². The summed E-state index contributed by atoms with van der Waals surface area (Å²) < 4.78 is 0. The Morgan fingerprint density at radius 2 is 1.93 bits per heavy atom. The van der Waals surface area contributed by atoms with E-state index in [2.05, 4.69) is 20.5 Å². The highest BCUT2D eigenvalue weighted by atomic mass is 16.2. The van der Waals surface area contributed by atoms with Crippen molar-refractivity contribution in [3.63, 3.8) is 0 Å². The van der Waals surface area contributed by atoms with Crippen molar-refractivity contribution in [2.75, 3.05) is 5.32 Å². The van der Waals surface area contributed by atoms with Crippen LogP contribution >= 0.6 is 0 Å². The largest absolute Gasteiger partial charge is 0.321 e. The fraction of sp³-hybridized carbons (Fsp3) is 0.0417. The van der Waals surface area contributed by atoms with E-state index in [1.807, 2.05) is 79.7 Å². The van der Waals surface area contributed by atoms with E-state index >= 15 is 0 Å². The van der Waals surface area contributed by atoms with Crippen molar-refractivity contribution in [3.8, 4) is 0 Å². The number of benzene rings is 2. The molecular formula is C24H18N4O. The number of hydrogen-bond acceptors (Lipinski definition) is 3. The van der Waals surface area contributed by atoms with Crippen LogP contribution in [0.3, 0.4) is 0 Å². The van der Waals surface area contributed by atoms with Crippen molar-refractivity contribution in [1.82, 2.24) is 15.2 Å². The summed E-state index contributed by atoms with van der Waals surface area (Å²) in [4.78, 5) is 16.7. The maximum Gasteiger partial charge on any atom is 0.256 e. The standard InChI is InChI=1S/C24H18N4O/c1-15-5-9-21-19(12-15)20(24(29)26-21)13-16-6-8-18-22(27-28-23(18)14-16)10-7-17-4-2-3-11-25-17/h2-14H,1H3,(H,26,29)(H,27,28)/b10-7+,20-13?. The van der Waals surface area contributed by atoms with Gasteiger partial charge in [0.1, 0.15) is 0 Å². The molecule has 2 aromatic carbocycles. The predicted molar refractivity (Wildman–Crippen MR) is 117 cm³/mol. The molecule has 4 aromatic rings. The number of carbonyl (C=O) groups is 1. The van der Waals surface area contributed by atoms with E-state index in [1.54, 1.807) is 6.20 Å². The van der Waals surface area contributed by atoms with Gasteiger partial charge in [-0.2, -0.15) is 5.10 Å². The first-order valence-corrected chi connectivity index (χ1v) is 9.39. The van der Waals surface area contributed by atoms with E-state index < -0.39 is 0 Å². The Balaban J connectivity index is 1.49. The lowest BCUT2D eigenvalue weighted by atomic mass is 10.0. The summed E-state index contributed by atoms with van der Waals surface area (Å²) in [6.45, 7) is 2.03. The van der Waals surface area contributed by atoms with Crippen molar-refractivity contribution in [1.29, 1.82) is 0 Å². The molecule has 2 N–H and O–H groups in total. The van der Waals surface area contributed by atoms with E-state index in [9.17, 15) is 4.79 Å². The van der Waals surface area contributed by atoms with Gasteiger partial charge in [0.15, 0.2) is 0 Å². The van der Waals surface area contributed by atoms with E-state index in [1.165, 1.54) is 0 Å². The topological polar surface area (TPSA) is 70.7 Å². The first-order valence-electron chi connectivity index (χ1n) is 9.39. The van der Waals surface area contributed by atoms with Crippen molar-refractivity contribution in [2.45, 2.75) is 6.92 Å². The highest BCUT2D eigenvalue weighted by molar-refractivity contribution is 6.35. The molecule has 0 saturated carbocycles. The maximum atomic E-state index is 12.4. The molecule has 140 valence electrons. The Kier molecular flexibility index (Phi) is 4.06. The summed E-state index contributed by atoms with van der Waals surface area (Å²) in [6.07, 6.45) is 7.57. The van der Waals surface area contributed by atoms with E-state index in [0.717, 1.165) is 44.7 Å². The molecule has 0 saturated heterocycles. The fourth-order valence-electron chi connectivity index (χ4n) is 3.53. The fourth-order valence-corrected chi connectivity index (χ4v) is 3.53. The van der Waals surface area contributed by atoms with Gasteiger partial charge in [0.05, 0.1) is 16.9 Å². The molecular weight excluding hydrogens is 360 g/mol. The van der Waals surface area contributed by atoms with Gasteiger partial charge in [-0.3, -0.25) is 14.9 Å². The van der Waals surface area contributed by atoms with Crippen LogP contribution in [0.25, 0.3) is 34.7 Å². The zero-order valence-electron chi connectivity index (χ0n) is 15.8. The minimum absolute atomic E-state index is 0.0747. The summed E-state index contributed by atoms with van der Waals surface area (Å²) >= 11 is 0. The average Bonchev–Trinajstić information content (AvgIpc) is 3.28. The molecule has 0 radical (unpaired) electrons. The highest BCUT2D eigenvalue weighted by Crippen LogP contribution is 2.34. The van der Waals surface area contributed by atoms with Crippen LogP contribution in [0.4, 0.5) is 5.69 Å². The molecule has 1 aliphatic rings. The molecule has 2 aromatic heterocycles. The van der Waals surface area contributed by atoms with Crippen LogP contribution in [-0.4, -0.2) is 21.1 Å². The molecule has 0 fully saturated rings. The number of pyridine rings is 1. The van der Waals surface area contributed by atoms with Crippen LogP contribution in [-0.2, 0) is 4.79 Å². The van der Waals surface area contributed by atoms with E-state index in [0.29, 0.717) is 5.57 Å². The zero-order valence-corrected chi connectivity index (χ0v) is 15.8. The van der Waals surface area contributed by atoms with Gasteiger partial charge in [-0.15, -0.1) is 0 Å². The Morgan fingerprint density at radius 3 is 2.79 bits per heavy atom. The lowest BCUT2D eigenvalue weighted by Crippen LogP contribution is -2.03. The smallest absolute Gasteiger partial charge is 0.256 e. The molecule has 0 aliphatic carbocycles. The molecule has 5 nitrogen and oxygen atoms in total. The normalized spacial score (nSPS) is 14.7. The van der Waals surface area contributed by atoms with E-state index in [4.69, 9.17) is 0 Å². The van der Waals surface area contributed by atoms with Crippen LogP contribution in [0.5, 0.6) is 0 Å². The van der Waals surface area contributed by atoms with Gasteiger partial charge in [-0.25, -0.2) is 0 Å². The SMILES string of the molecule is Cc1ccc2c(c1)C(=Cc1ccc3c(/C=C/c4ccccn4)n[nH]c3c1)C(=O)N2. The van der Waals surface area contributed by atoms with Gasteiger partial charge in [0.2, 0.25) is 0 Å². The van der Waals surface area contributed by atoms with Gasteiger partial charge in [0, 0.05) is 28.4 Å². The summed E-state index contributed by atoms with van der Waals surface area (Å²) in [5.74, 6) is -0.0747. The number of aryl methyl sites for hydroxylation is 1. The van der Waals surface area contributed by atoms with Gasteiger partial charge in [-0.1, -0.05) is 23.8 Å². The van der Waals surface area contributed by atoms with Crippen LogP contribution in [0.15, 0.2) is 60.8 Å². The van der Waals surface area contributed by atoms with E-state index in [-0.39, 0.29) is 5.91 Å². The number of nitrogens with one attached hydrogen (secondary N) is 2. The second kappa shape index (κ2) is 6.87. The third-order valence-electron chi connectivity index (χ3n) is 4.99. The zero-order chi connectivity index (χ0) is 19.8. The quantitative estimate of drug-likeness (QED) is 0.497. The lowest BCUT2D eigenvalue weighted by molar-refractivity contribution is -0.110. The number of amides is 1. The van der Waals surface area contributed by atoms with Gasteiger partial charge in [0.25, 0.3) is 5.91 Å². The first-order chi connectivity index (χ1) is 14.2. The van der Waals surface area contributed by atoms with Crippen LogP contribution in [0.1, 0.15) is 28.1 Å². The minimum Gasteiger partial charge on any atom is -0.321 e. The number of fused-ring (bicyclic) bond motifs is 2. The van der Waals surface area contributed by atoms with Crippen LogP contribution < -0.4 is 5.32 Å². The Bertz CT molecular complexity index is 1300. The molecule has 0 unspecified atom stereocenters.